The van der Waals surface area contributed by atoms with Crippen LogP contribution in [0.1, 0.15) is 33.1 Å². The second kappa shape index (κ2) is 5.03. The lowest BCUT2D eigenvalue weighted by Gasteiger charge is -2.43. The Kier molecular flexibility index (Phi) is 3.56. The topological polar surface area (TPSA) is 97.4 Å². The van der Waals surface area contributed by atoms with E-state index in [4.69, 9.17) is 5.73 Å². The molecule has 0 bridgehead atoms. The molecule has 102 valence electrons. The summed E-state index contributed by atoms with van der Waals surface area (Å²) in [7, 11) is 0. The average molecular weight is 266 g/mol. The highest BCUT2D eigenvalue weighted by Gasteiger charge is 2.52. The molecule has 4 heteroatoms. The maximum Gasteiger partial charge on any atom is 0.187 e. The zero-order chi connectivity index (χ0) is 14.9. The Bertz CT molecular complexity index is 592. The summed E-state index contributed by atoms with van der Waals surface area (Å²) in [6.07, 6.45) is 4.61. The molecule has 0 aromatic carbocycles. The van der Waals surface area contributed by atoms with E-state index in [0.717, 1.165) is 18.4 Å². The van der Waals surface area contributed by atoms with Gasteiger partial charge in [0.05, 0.1) is 23.4 Å². The fraction of sp³-hybridized carbons (Fsp3) is 0.562. The fourth-order valence-electron chi connectivity index (χ4n) is 3.69. The van der Waals surface area contributed by atoms with Crippen molar-refractivity contribution in [3.05, 3.63) is 22.9 Å². The molecule has 0 spiro atoms. The second-order valence-corrected chi connectivity index (χ2v) is 5.79. The lowest BCUT2D eigenvalue weighted by molar-refractivity contribution is 0.207. The van der Waals surface area contributed by atoms with E-state index in [1.165, 1.54) is 0 Å². The number of rotatable bonds is 1. The van der Waals surface area contributed by atoms with Crippen LogP contribution in [0.4, 0.5) is 0 Å². The Hall–Kier alpha value is -2.25. The number of hydrogen-bond acceptors (Lipinski definition) is 4. The molecule has 0 saturated carbocycles. The molecule has 0 amide bonds. The summed E-state index contributed by atoms with van der Waals surface area (Å²) in [5.74, 6) is 0.459. The summed E-state index contributed by atoms with van der Waals surface area (Å²) in [5, 5.41) is 28.5. The molecule has 0 saturated heterocycles. The van der Waals surface area contributed by atoms with Crippen molar-refractivity contribution in [1.82, 2.24) is 0 Å². The molecular weight excluding hydrogens is 248 g/mol. The standard InChI is InChI=1S/C16H18N4/c1-3-14-12-6-10(2)4-5-11(12)13(7-17)15(20)16(14,8-18)9-19/h5,10,12,14H,3-4,6,20H2,1-2H3/t10-,12-,14+/m0/s1. The Morgan fingerprint density at radius 3 is 2.50 bits per heavy atom. The first-order valence-electron chi connectivity index (χ1n) is 6.98. The van der Waals surface area contributed by atoms with Gasteiger partial charge in [-0.1, -0.05) is 19.9 Å². The highest BCUT2D eigenvalue weighted by Crippen LogP contribution is 2.53. The lowest BCUT2D eigenvalue weighted by Crippen LogP contribution is -2.44. The number of hydrogen-bond donors (Lipinski definition) is 1. The van der Waals surface area contributed by atoms with Crippen LogP contribution in [0.15, 0.2) is 22.9 Å². The molecular formula is C16H18N4. The van der Waals surface area contributed by atoms with E-state index < -0.39 is 5.41 Å². The predicted octanol–water partition coefficient (Wildman–Crippen LogP) is 2.77. The third kappa shape index (κ3) is 1.71. The number of nitrogens with two attached hydrogens (primary N) is 1. The number of nitrogens with zero attached hydrogens (tertiary/aromatic N) is 3. The third-order valence-corrected chi connectivity index (χ3v) is 4.72. The normalized spacial score (nSPS) is 31.4. The van der Waals surface area contributed by atoms with Gasteiger partial charge in [-0.15, -0.1) is 0 Å². The van der Waals surface area contributed by atoms with Crippen molar-refractivity contribution in [2.45, 2.75) is 33.1 Å². The van der Waals surface area contributed by atoms with Gasteiger partial charge in [0.1, 0.15) is 6.07 Å². The van der Waals surface area contributed by atoms with E-state index in [9.17, 15) is 15.8 Å². The van der Waals surface area contributed by atoms with Gasteiger partial charge in [-0.3, -0.25) is 0 Å². The van der Waals surface area contributed by atoms with Crippen molar-refractivity contribution in [2.75, 3.05) is 0 Å². The van der Waals surface area contributed by atoms with E-state index in [2.05, 4.69) is 31.2 Å². The molecule has 0 aromatic heterocycles. The molecule has 0 aliphatic heterocycles. The van der Waals surface area contributed by atoms with Gasteiger partial charge in [0, 0.05) is 5.92 Å². The zero-order valence-corrected chi connectivity index (χ0v) is 11.8. The van der Waals surface area contributed by atoms with Crippen molar-refractivity contribution in [2.24, 2.45) is 28.9 Å². The van der Waals surface area contributed by atoms with Gasteiger partial charge in [0.15, 0.2) is 5.41 Å². The highest BCUT2D eigenvalue weighted by molar-refractivity contribution is 5.56. The quantitative estimate of drug-likeness (QED) is 0.789. The van der Waals surface area contributed by atoms with Crippen LogP contribution < -0.4 is 5.73 Å². The van der Waals surface area contributed by atoms with Gasteiger partial charge in [0.25, 0.3) is 0 Å². The maximum atomic E-state index is 9.57. The van der Waals surface area contributed by atoms with Crippen molar-refractivity contribution < 1.29 is 0 Å². The minimum absolute atomic E-state index is 0.0880. The third-order valence-electron chi connectivity index (χ3n) is 4.72. The molecule has 0 unspecified atom stereocenters. The summed E-state index contributed by atoms with van der Waals surface area (Å²) < 4.78 is 0. The summed E-state index contributed by atoms with van der Waals surface area (Å²) in [4.78, 5) is 0. The van der Waals surface area contributed by atoms with Gasteiger partial charge < -0.3 is 5.73 Å². The first-order chi connectivity index (χ1) is 9.55. The number of allylic oxidation sites excluding steroid dienone is 4. The van der Waals surface area contributed by atoms with Gasteiger partial charge in [0.2, 0.25) is 0 Å². The van der Waals surface area contributed by atoms with Crippen molar-refractivity contribution in [3.63, 3.8) is 0 Å². The molecule has 2 N–H and O–H groups in total. The highest BCUT2D eigenvalue weighted by atomic mass is 14.7. The molecule has 0 heterocycles. The van der Waals surface area contributed by atoms with Crippen LogP contribution in [0.25, 0.3) is 0 Å². The molecule has 2 rings (SSSR count). The minimum Gasteiger partial charge on any atom is -0.399 e. The Morgan fingerprint density at radius 1 is 1.35 bits per heavy atom. The van der Waals surface area contributed by atoms with Crippen LogP contribution in [0.3, 0.4) is 0 Å². The molecule has 0 fully saturated rings. The number of nitriles is 3. The molecule has 3 atom stereocenters. The largest absolute Gasteiger partial charge is 0.399 e. The van der Waals surface area contributed by atoms with Gasteiger partial charge in [-0.25, -0.2) is 0 Å². The molecule has 2 aliphatic rings. The lowest BCUT2D eigenvalue weighted by atomic mass is 9.57. The van der Waals surface area contributed by atoms with Crippen LogP contribution in [0.5, 0.6) is 0 Å². The van der Waals surface area contributed by atoms with Crippen LogP contribution in [0.2, 0.25) is 0 Å². The molecule has 0 aromatic rings. The maximum absolute atomic E-state index is 9.57. The fourth-order valence-corrected chi connectivity index (χ4v) is 3.69. The smallest absolute Gasteiger partial charge is 0.187 e. The number of fused-ring (bicyclic) bond motifs is 1. The van der Waals surface area contributed by atoms with Crippen LogP contribution in [-0.4, -0.2) is 0 Å². The first kappa shape index (κ1) is 14.2. The summed E-state index contributed by atoms with van der Waals surface area (Å²) >= 11 is 0. The van der Waals surface area contributed by atoms with Crippen LogP contribution >= 0.6 is 0 Å². The summed E-state index contributed by atoms with van der Waals surface area (Å²) in [5.41, 5.74) is 6.16. The molecule has 20 heavy (non-hydrogen) atoms. The van der Waals surface area contributed by atoms with Crippen LogP contribution in [0, 0.1) is 57.2 Å². The van der Waals surface area contributed by atoms with Gasteiger partial charge in [-0.05, 0) is 36.7 Å². The van der Waals surface area contributed by atoms with E-state index in [0.29, 0.717) is 17.9 Å². The van der Waals surface area contributed by atoms with E-state index in [1.54, 1.807) is 0 Å². The van der Waals surface area contributed by atoms with E-state index in [1.807, 2.05) is 6.92 Å². The Labute approximate surface area is 119 Å². The van der Waals surface area contributed by atoms with E-state index in [-0.39, 0.29) is 17.5 Å². The zero-order valence-electron chi connectivity index (χ0n) is 11.8. The minimum atomic E-state index is -1.36. The first-order valence-corrected chi connectivity index (χ1v) is 6.98. The van der Waals surface area contributed by atoms with Crippen LogP contribution in [-0.2, 0) is 0 Å². The predicted molar refractivity (Wildman–Crippen MR) is 74.2 cm³/mol. The van der Waals surface area contributed by atoms with Gasteiger partial charge >= 0.3 is 0 Å². The monoisotopic (exact) mass is 266 g/mol. The summed E-state index contributed by atoms with van der Waals surface area (Å²) in [6.45, 7) is 4.14. The average Bonchev–Trinajstić information content (AvgIpc) is 2.46. The van der Waals surface area contributed by atoms with Gasteiger partial charge in [-0.2, -0.15) is 15.8 Å². The SMILES string of the molecule is CC[C@@H]1[C@H]2C[C@@H](C)CC=C2C(C#N)=C(N)C1(C#N)C#N. The van der Waals surface area contributed by atoms with E-state index >= 15 is 0 Å². The van der Waals surface area contributed by atoms with Crippen molar-refractivity contribution in [3.8, 4) is 18.2 Å². The van der Waals surface area contributed by atoms with Crippen molar-refractivity contribution >= 4 is 0 Å². The molecule has 2 aliphatic carbocycles. The Morgan fingerprint density at radius 2 is 2.00 bits per heavy atom. The van der Waals surface area contributed by atoms with Crippen molar-refractivity contribution in [1.29, 1.82) is 15.8 Å². The summed E-state index contributed by atoms with van der Waals surface area (Å²) in [6, 6.07) is 6.34. The second-order valence-electron chi connectivity index (χ2n) is 5.79. The Balaban J connectivity index is 2.73. The molecule has 4 nitrogen and oxygen atoms in total. The molecule has 0 radical (unpaired) electrons.